The molecule has 1 heteroatoms. The maximum absolute atomic E-state index is 4.48. The van der Waals surface area contributed by atoms with E-state index in [1.54, 1.807) is 0 Å². The molecule has 1 saturated heterocycles. The molecule has 2 fully saturated rings. The highest BCUT2D eigenvalue weighted by atomic mass is 14.9. The standard InChI is InChI=1S/C12H22N/c1-2-4-6-12(7-5-3-1)8-10-13-11-9-12/h1-11H2. The lowest BCUT2D eigenvalue weighted by molar-refractivity contribution is 0.148. The molecule has 1 aliphatic carbocycles. The van der Waals surface area contributed by atoms with E-state index in [9.17, 15) is 0 Å². The molecule has 0 aromatic carbocycles. The predicted molar refractivity (Wildman–Crippen MR) is 55.9 cm³/mol. The van der Waals surface area contributed by atoms with Crippen LogP contribution in [0.1, 0.15) is 57.8 Å². The molecule has 2 rings (SSSR count). The molecule has 0 aromatic heterocycles. The Kier molecular flexibility index (Phi) is 3.26. The fraction of sp³-hybridized carbons (Fsp3) is 1.00. The van der Waals surface area contributed by atoms with Gasteiger partial charge >= 0.3 is 0 Å². The van der Waals surface area contributed by atoms with Gasteiger partial charge in [-0.25, -0.2) is 5.32 Å². The molecule has 1 aliphatic heterocycles. The van der Waals surface area contributed by atoms with Crippen molar-refractivity contribution >= 4 is 0 Å². The Bertz CT molecular complexity index is 137. The minimum Gasteiger partial charge on any atom is -0.242 e. The first-order valence-electron chi connectivity index (χ1n) is 6.05. The largest absolute Gasteiger partial charge is 0.242 e. The summed E-state index contributed by atoms with van der Waals surface area (Å²) in [6, 6.07) is 0. The molecule has 1 radical (unpaired) electrons. The van der Waals surface area contributed by atoms with Crippen LogP contribution in [0.15, 0.2) is 0 Å². The van der Waals surface area contributed by atoms with Crippen LogP contribution in [-0.4, -0.2) is 13.1 Å². The predicted octanol–water partition coefficient (Wildman–Crippen LogP) is 3.12. The highest BCUT2D eigenvalue weighted by molar-refractivity contribution is 4.85. The van der Waals surface area contributed by atoms with E-state index in [1.165, 1.54) is 57.8 Å². The Hall–Kier alpha value is -0.0400. The van der Waals surface area contributed by atoms with Crippen molar-refractivity contribution in [1.29, 1.82) is 0 Å². The summed E-state index contributed by atoms with van der Waals surface area (Å²) in [5, 5.41) is 4.48. The van der Waals surface area contributed by atoms with Gasteiger partial charge in [0.1, 0.15) is 0 Å². The number of nitrogens with zero attached hydrogens (tertiary/aromatic N) is 1. The zero-order valence-corrected chi connectivity index (χ0v) is 8.73. The van der Waals surface area contributed by atoms with E-state index in [0.29, 0.717) is 0 Å². The van der Waals surface area contributed by atoms with E-state index in [1.807, 2.05) is 0 Å². The monoisotopic (exact) mass is 180 g/mol. The van der Waals surface area contributed by atoms with Crippen LogP contribution >= 0.6 is 0 Å². The molecule has 2 aliphatic rings. The third-order valence-electron chi connectivity index (χ3n) is 4.01. The Labute approximate surface area is 82.3 Å². The SMILES string of the molecule is C1CCCC2(CCC1)CC[N]CC2. The minimum atomic E-state index is 0.738. The van der Waals surface area contributed by atoms with Crippen molar-refractivity contribution in [2.24, 2.45) is 5.41 Å². The fourth-order valence-corrected chi connectivity index (χ4v) is 3.02. The van der Waals surface area contributed by atoms with Crippen molar-refractivity contribution < 1.29 is 0 Å². The normalized spacial score (nSPS) is 29.5. The van der Waals surface area contributed by atoms with Crippen LogP contribution in [0.5, 0.6) is 0 Å². The van der Waals surface area contributed by atoms with Crippen LogP contribution < -0.4 is 5.32 Å². The van der Waals surface area contributed by atoms with Gasteiger partial charge < -0.3 is 0 Å². The lowest BCUT2D eigenvalue weighted by atomic mass is 9.70. The van der Waals surface area contributed by atoms with E-state index in [4.69, 9.17) is 0 Å². The van der Waals surface area contributed by atoms with Gasteiger partial charge in [0, 0.05) is 13.1 Å². The lowest BCUT2D eigenvalue weighted by Gasteiger charge is -2.38. The second-order valence-electron chi connectivity index (χ2n) is 4.94. The zero-order chi connectivity index (χ0) is 8.99. The van der Waals surface area contributed by atoms with Crippen LogP contribution in [0.3, 0.4) is 0 Å². The van der Waals surface area contributed by atoms with Crippen molar-refractivity contribution in [3.8, 4) is 0 Å². The van der Waals surface area contributed by atoms with E-state index in [2.05, 4.69) is 5.32 Å². The molecule has 0 N–H and O–H groups in total. The number of hydrogen-bond donors (Lipinski definition) is 0. The maximum Gasteiger partial charge on any atom is 0.0138 e. The van der Waals surface area contributed by atoms with Gasteiger partial charge in [-0.2, -0.15) is 0 Å². The summed E-state index contributed by atoms with van der Waals surface area (Å²) in [6.45, 7) is 2.31. The van der Waals surface area contributed by atoms with Gasteiger partial charge in [-0.1, -0.05) is 32.1 Å². The summed E-state index contributed by atoms with van der Waals surface area (Å²) >= 11 is 0. The van der Waals surface area contributed by atoms with E-state index >= 15 is 0 Å². The molecule has 1 nitrogen and oxygen atoms in total. The van der Waals surface area contributed by atoms with Crippen molar-refractivity contribution in [2.45, 2.75) is 57.8 Å². The summed E-state index contributed by atoms with van der Waals surface area (Å²) in [4.78, 5) is 0. The van der Waals surface area contributed by atoms with Gasteiger partial charge in [-0.05, 0) is 31.1 Å². The molecule has 0 amide bonds. The topological polar surface area (TPSA) is 14.1 Å². The average Bonchev–Trinajstić information content (AvgIpc) is 2.14. The van der Waals surface area contributed by atoms with Crippen molar-refractivity contribution in [2.75, 3.05) is 13.1 Å². The van der Waals surface area contributed by atoms with Gasteiger partial charge in [-0.3, -0.25) is 0 Å². The number of piperidine rings is 1. The van der Waals surface area contributed by atoms with Gasteiger partial charge in [-0.15, -0.1) is 0 Å². The smallest absolute Gasteiger partial charge is 0.0138 e. The van der Waals surface area contributed by atoms with Crippen LogP contribution in [0.2, 0.25) is 0 Å². The summed E-state index contributed by atoms with van der Waals surface area (Å²) < 4.78 is 0. The summed E-state index contributed by atoms with van der Waals surface area (Å²) in [7, 11) is 0. The molecular formula is C12H22N. The molecule has 0 unspecified atom stereocenters. The Morgan fingerprint density at radius 3 is 1.77 bits per heavy atom. The van der Waals surface area contributed by atoms with Crippen LogP contribution in [-0.2, 0) is 0 Å². The Balaban J connectivity index is 1.91. The van der Waals surface area contributed by atoms with Gasteiger partial charge in [0.15, 0.2) is 0 Å². The average molecular weight is 180 g/mol. The summed E-state index contributed by atoms with van der Waals surface area (Å²) in [5.41, 5.74) is 0.738. The Morgan fingerprint density at radius 2 is 1.15 bits per heavy atom. The molecule has 1 saturated carbocycles. The third kappa shape index (κ3) is 2.46. The van der Waals surface area contributed by atoms with Crippen molar-refractivity contribution in [3.05, 3.63) is 0 Å². The zero-order valence-electron chi connectivity index (χ0n) is 8.73. The first-order valence-corrected chi connectivity index (χ1v) is 6.05. The van der Waals surface area contributed by atoms with Gasteiger partial charge in [0.25, 0.3) is 0 Å². The van der Waals surface area contributed by atoms with E-state index < -0.39 is 0 Å². The summed E-state index contributed by atoms with van der Waals surface area (Å²) in [5.74, 6) is 0. The second kappa shape index (κ2) is 4.45. The second-order valence-corrected chi connectivity index (χ2v) is 4.94. The third-order valence-corrected chi connectivity index (χ3v) is 4.01. The molecule has 0 aromatic rings. The molecule has 75 valence electrons. The molecule has 1 spiro atoms. The first-order chi connectivity index (χ1) is 6.41. The Morgan fingerprint density at radius 1 is 0.615 bits per heavy atom. The quantitative estimate of drug-likeness (QED) is 0.544. The van der Waals surface area contributed by atoms with Crippen LogP contribution in [0.25, 0.3) is 0 Å². The van der Waals surface area contributed by atoms with Crippen molar-refractivity contribution in [3.63, 3.8) is 0 Å². The first kappa shape index (κ1) is 9.51. The lowest BCUT2D eigenvalue weighted by Crippen LogP contribution is -2.33. The highest BCUT2D eigenvalue weighted by Crippen LogP contribution is 2.41. The minimum absolute atomic E-state index is 0.738. The molecular weight excluding hydrogens is 158 g/mol. The van der Waals surface area contributed by atoms with E-state index in [0.717, 1.165) is 18.5 Å². The van der Waals surface area contributed by atoms with Gasteiger partial charge in [0.2, 0.25) is 0 Å². The number of hydrogen-bond acceptors (Lipinski definition) is 0. The number of rotatable bonds is 0. The highest BCUT2D eigenvalue weighted by Gasteiger charge is 2.31. The maximum atomic E-state index is 4.48. The van der Waals surface area contributed by atoms with Gasteiger partial charge in [0.05, 0.1) is 0 Å². The van der Waals surface area contributed by atoms with Crippen molar-refractivity contribution in [1.82, 2.24) is 5.32 Å². The molecule has 0 bridgehead atoms. The van der Waals surface area contributed by atoms with Crippen LogP contribution in [0.4, 0.5) is 0 Å². The fourth-order valence-electron chi connectivity index (χ4n) is 3.02. The summed E-state index contributed by atoms with van der Waals surface area (Å²) in [6.07, 6.45) is 13.2. The molecule has 13 heavy (non-hydrogen) atoms. The molecule has 1 heterocycles. The molecule has 0 atom stereocenters. The van der Waals surface area contributed by atoms with Crippen LogP contribution in [0, 0.1) is 5.41 Å². The van der Waals surface area contributed by atoms with E-state index in [-0.39, 0.29) is 0 Å².